The number of fused-ring (bicyclic) bond motifs is 1. The Bertz CT molecular complexity index is 1290. The van der Waals surface area contributed by atoms with E-state index in [0.29, 0.717) is 36.8 Å². The van der Waals surface area contributed by atoms with Crippen LogP contribution < -0.4 is 0 Å². The van der Waals surface area contributed by atoms with Gasteiger partial charge in [0.05, 0.1) is 30.5 Å². The van der Waals surface area contributed by atoms with Gasteiger partial charge in [-0.25, -0.2) is 4.98 Å². The van der Waals surface area contributed by atoms with E-state index in [1.54, 1.807) is 16.2 Å². The van der Waals surface area contributed by atoms with Crippen LogP contribution in [0.2, 0.25) is 0 Å². The number of carbonyl (C=O) groups is 2. The zero-order chi connectivity index (χ0) is 24.5. The Morgan fingerprint density at radius 2 is 1.80 bits per heavy atom. The van der Waals surface area contributed by atoms with Gasteiger partial charge in [-0.3, -0.25) is 18.9 Å². The minimum Gasteiger partial charge on any atom is -0.505 e. The Kier molecular flexibility index (Phi) is 6.40. The van der Waals surface area contributed by atoms with Crippen LogP contribution in [0, 0.1) is 13.8 Å². The standard InChI is InChI=1S/C27H30N4O4/c1-18-8-6-12-30-22(19(2)28-26(18)30)24(32)21-23(20-9-4-3-5-10-20)31(27(34)25(21)33)13-7-11-29-14-16-35-17-15-29/h3-6,8-10,12,23,32H,7,11,13-17H2,1-2H3/b24-21+/t23-/m1/s1. The lowest BCUT2D eigenvalue weighted by atomic mass is 9.96. The van der Waals surface area contributed by atoms with Crippen LogP contribution in [0.3, 0.4) is 0 Å². The number of rotatable bonds is 6. The average molecular weight is 475 g/mol. The summed E-state index contributed by atoms with van der Waals surface area (Å²) in [5, 5.41) is 11.5. The van der Waals surface area contributed by atoms with Crippen molar-refractivity contribution in [1.29, 1.82) is 0 Å². The van der Waals surface area contributed by atoms with E-state index in [4.69, 9.17) is 4.74 Å². The maximum atomic E-state index is 13.3. The third-order valence-electron chi connectivity index (χ3n) is 6.88. The van der Waals surface area contributed by atoms with Gasteiger partial charge >= 0.3 is 0 Å². The van der Waals surface area contributed by atoms with Crippen molar-refractivity contribution in [2.75, 3.05) is 39.4 Å². The predicted octanol–water partition coefficient (Wildman–Crippen LogP) is 3.10. The molecule has 5 rings (SSSR count). The zero-order valence-corrected chi connectivity index (χ0v) is 20.1. The van der Waals surface area contributed by atoms with Gasteiger partial charge in [0.25, 0.3) is 11.7 Å². The van der Waals surface area contributed by atoms with Crippen LogP contribution in [-0.2, 0) is 14.3 Å². The number of pyridine rings is 1. The van der Waals surface area contributed by atoms with E-state index in [-0.39, 0.29) is 11.3 Å². The van der Waals surface area contributed by atoms with E-state index in [2.05, 4.69) is 9.88 Å². The lowest BCUT2D eigenvalue weighted by Gasteiger charge is -2.29. The van der Waals surface area contributed by atoms with Crippen LogP contribution in [0.15, 0.2) is 54.2 Å². The van der Waals surface area contributed by atoms with Crippen LogP contribution in [0.25, 0.3) is 11.4 Å². The smallest absolute Gasteiger partial charge is 0.295 e. The van der Waals surface area contributed by atoms with Gasteiger partial charge in [-0.15, -0.1) is 0 Å². The molecule has 3 aromatic rings. The Hall–Kier alpha value is -3.49. The predicted molar refractivity (Wildman–Crippen MR) is 132 cm³/mol. The second-order valence-corrected chi connectivity index (χ2v) is 9.14. The molecule has 4 heterocycles. The van der Waals surface area contributed by atoms with Gasteiger partial charge in [-0.1, -0.05) is 36.4 Å². The quantitative estimate of drug-likeness (QED) is 0.336. The van der Waals surface area contributed by atoms with Crippen molar-refractivity contribution < 1.29 is 19.4 Å². The molecule has 8 heteroatoms. The molecule has 0 spiro atoms. The van der Waals surface area contributed by atoms with E-state index >= 15 is 0 Å². The van der Waals surface area contributed by atoms with Crippen molar-refractivity contribution in [3.8, 4) is 0 Å². The number of ketones is 1. The molecule has 0 saturated carbocycles. The van der Waals surface area contributed by atoms with Crippen LogP contribution in [-0.4, -0.2) is 75.4 Å². The number of amides is 1. The molecule has 8 nitrogen and oxygen atoms in total. The van der Waals surface area contributed by atoms with Crippen molar-refractivity contribution in [2.24, 2.45) is 0 Å². The number of aromatic nitrogens is 2. The normalized spacial score (nSPS) is 20.7. The second-order valence-electron chi connectivity index (χ2n) is 9.14. The highest BCUT2D eigenvalue weighted by molar-refractivity contribution is 6.46. The van der Waals surface area contributed by atoms with E-state index in [1.807, 2.05) is 55.6 Å². The number of benzene rings is 1. The molecule has 35 heavy (non-hydrogen) atoms. The molecule has 2 fully saturated rings. The molecule has 1 N–H and O–H groups in total. The Morgan fingerprint density at radius 3 is 2.54 bits per heavy atom. The van der Waals surface area contributed by atoms with Crippen molar-refractivity contribution in [3.63, 3.8) is 0 Å². The van der Waals surface area contributed by atoms with E-state index in [1.165, 1.54) is 0 Å². The maximum absolute atomic E-state index is 13.3. The largest absolute Gasteiger partial charge is 0.505 e. The summed E-state index contributed by atoms with van der Waals surface area (Å²) >= 11 is 0. The van der Waals surface area contributed by atoms with Crippen LogP contribution in [0.5, 0.6) is 0 Å². The summed E-state index contributed by atoms with van der Waals surface area (Å²) in [5.41, 5.74) is 3.61. The van der Waals surface area contributed by atoms with Gasteiger partial charge < -0.3 is 14.7 Å². The summed E-state index contributed by atoms with van der Waals surface area (Å²) in [6.07, 6.45) is 2.54. The topological polar surface area (TPSA) is 87.4 Å². The fourth-order valence-corrected chi connectivity index (χ4v) is 5.11. The van der Waals surface area contributed by atoms with Crippen LogP contribution in [0.1, 0.15) is 35.0 Å². The summed E-state index contributed by atoms with van der Waals surface area (Å²) in [4.78, 5) is 35.1. The molecule has 0 bridgehead atoms. The summed E-state index contributed by atoms with van der Waals surface area (Å²) < 4.78 is 7.20. The number of aryl methyl sites for hydroxylation is 2. The lowest BCUT2D eigenvalue weighted by molar-refractivity contribution is -0.140. The van der Waals surface area contributed by atoms with E-state index in [0.717, 1.165) is 37.2 Å². The highest BCUT2D eigenvalue weighted by Crippen LogP contribution is 2.40. The van der Waals surface area contributed by atoms with Gasteiger partial charge in [-0.05, 0) is 37.5 Å². The number of aliphatic hydroxyl groups excluding tert-OH is 1. The maximum Gasteiger partial charge on any atom is 0.295 e. The van der Waals surface area contributed by atoms with Crippen molar-refractivity contribution >= 4 is 23.1 Å². The number of likely N-dealkylation sites (tertiary alicyclic amines) is 1. The van der Waals surface area contributed by atoms with Gasteiger partial charge in [-0.2, -0.15) is 0 Å². The summed E-state index contributed by atoms with van der Waals surface area (Å²) in [7, 11) is 0. The molecule has 2 aliphatic heterocycles. The molecule has 0 radical (unpaired) electrons. The first kappa shape index (κ1) is 23.3. The number of nitrogens with zero attached hydrogens (tertiary/aromatic N) is 4. The van der Waals surface area contributed by atoms with Crippen LogP contribution >= 0.6 is 0 Å². The number of ether oxygens (including phenoxy) is 1. The summed E-state index contributed by atoms with van der Waals surface area (Å²) in [6, 6.07) is 12.6. The number of hydrogen-bond acceptors (Lipinski definition) is 6. The highest BCUT2D eigenvalue weighted by atomic mass is 16.5. The first-order valence-corrected chi connectivity index (χ1v) is 12.1. The number of morpholine rings is 1. The third kappa shape index (κ3) is 4.24. The molecule has 1 aromatic carbocycles. The monoisotopic (exact) mass is 474 g/mol. The van der Waals surface area contributed by atoms with Gasteiger partial charge in [0.1, 0.15) is 11.3 Å². The minimum absolute atomic E-state index is 0.110. The zero-order valence-electron chi connectivity index (χ0n) is 20.1. The van der Waals surface area contributed by atoms with E-state index < -0.39 is 17.7 Å². The van der Waals surface area contributed by atoms with Crippen molar-refractivity contribution in [2.45, 2.75) is 26.3 Å². The Balaban J connectivity index is 1.55. The minimum atomic E-state index is -0.662. The molecule has 1 amide bonds. The first-order chi connectivity index (χ1) is 17.0. The molecule has 2 aliphatic rings. The number of aliphatic hydroxyl groups is 1. The summed E-state index contributed by atoms with van der Waals surface area (Å²) in [6.45, 7) is 8.16. The fourth-order valence-electron chi connectivity index (χ4n) is 5.11. The Morgan fingerprint density at radius 1 is 1.06 bits per heavy atom. The van der Waals surface area contributed by atoms with Crippen molar-refractivity contribution in [3.05, 3.63) is 76.7 Å². The molecule has 2 aromatic heterocycles. The molecule has 2 saturated heterocycles. The first-order valence-electron chi connectivity index (χ1n) is 12.1. The number of hydrogen-bond donors (Lipinski definition) is 1. The average Bonchev–Trinajstić information content (AvgIpc) is 3.34. The molecule has 0 unspecified atom stereocenters. The Labute approximate surface area is 204 Å². The molecule has 1 atom stereocenters. The van der Waals surface area contributed by atoms with Gasteiger partial charge in [0.15, 0.2) is 5.76 Å². The number of carbonyl (C=O) groups excluding carboxylic acids is 2. The summed E-state index contributed by atoms with van der Waals surface area (Å²) in [5.74, 6) is -1.43. The SMILES string of the molecule is Cc1nc2c(C)cccn2c1/C(O)=C1\C(=O)C(=O)N(CCCN2CCOCC2)[C@@H]1c1ccccc1. The molecular formula is C27H30N4O4. The molecule has 182 valence electrons. The fraction of sp³-hybridized carbons (Fsp3) is 0.370. The van der Waals surface area contributed by atoms with E-state index in [9.17, 15) is 14.7 Å². The molecular weight excluding hydrogens is 444 g/mol. The molecule has 0 aliphatic carbocycles. The number of imidazole rings is 1. The van der Waals surface area contributed by atoms with Gasteiger partial charge in [0.2, 0.25) is 0 Å². The second kappa shape index (κ2) is 9.64. The lowest BCUT2D eigenvalue weighted by Crippen LogP contribution is -2.38. The van der Waals surface area contributed by atoms with Crippen LogP contribution in [0.4, 0.5) is 0 Å². The van der Waals surface area contributed by atoms with Crippen molar-refractivity contribution in [1.82, 2.24) is 19.2 Å². The highest BCUT2D eigenvalue weighted by Gasteiger charge is 2.46. The number of Topliss-reactive ketones (excluding diaryl/α,β-unsaturated/α-hetero) is 1. The van der Waals surface area contributed by atoms with Gasteiger partial charge in [0, 0.05) is 32.4 Å². The third-order valence-corrected chi connectivity index (χ3v) is 6.88.